The zero-order chi connectivity index (χ0) is 14.7. The molecule has 118 valence electrons. The molecule has 3 N–H and O–H groups in total. The fourth-order valence-corrected chi connectivity index (χ4v) is 3.66. The molecule has 1 aromatic carbocycles. The number of hydrogen-bond acceptors (Lipinski definition) is 3. The highest BCUT2D eigenvalue weighted by Gasteiger charge is 2.28. The summed E-state index contributed by atoms with van der Waals surface area (Å²) in [6.45, 7) is 4.21. The third-order valence-electron chi connectivity index (χ3n) is 3.42. The van der Waals surface area contributed by atoms with Crippen molar-refractivity contribution in [2.24, 2.45) is 11.7 Å². The Labute approximate surface area is 141 Å². The summed E-state index contributed by atoms with van der Waals surface area (Å²) in [7, 11) is 0. The van der Waals surface area contributed by atoms with Crippen molar-refractivity contribution in [3.05, 3.63) is 23.2 Å². The first-order valence-corrected chi connectivity index (χ1v) is 8.24. The minimum Gasteiger partial charge on any atom is -0.328 e. The number of hydrogen-bond donors (Lipinski definition) is 2. The van der Waals surface area contributed by atoms with Crippen LogP contribution in [0.25, 0.3) is 0 Å². The number of benzene rings is 1. The van der Waals surface area contributed by atoms with Crippen molar-refractivity contribution in [3.8, 4) is 0 Å². The highest BCUT2D eigenvalue weighted by Crippen LogP contribution is 2.37. The zero-order valence-electron chi connectivity index (χ0n) is 12.3. The van der Waals surface area contributed by atoms with E-state index >= 15 is 0 Å². The van der Waals surface area contributed by atoms with Gasteiger partial charge in [-0.2, -0.15) is 0 Å². The Bertz CT molecular complexity index is 497. The predicted octanol–water partition coefficient (Wildman–Crippen LogP) is 4.33. The summed E-state index contributed by atoms with van der Waals surface area (Å²) in [5.41, 5.74) is 6.68. The molecule has 0 heterocycles. The van der Waals surface area contributed by atoms with Crippen molar-refractivity contribution in [1.29, 1.82) is 0 Å². The lowest BCUT2D eigenvalue weighted by atomic mass is 10.1. The van der Waals surface area contributed by atoms with Gasteiger partial charge in [-0.25, -0.2) is 0 Å². The molecule has 0 aromatic heterocycles. The number of carbonyl (C=O) groups excluding carboxylic acids is 1. The second-order valence-corrected chi connectivity index (χ2v) is 7.54. The molecule has 0 aliphatic heterocycles. The van der Waals surface area contributed by atoms with Gasteiger partial charge in [0.15, 0.2) is 0 Å². The smallest absolute Gasteiger partial charge is 0.227 e. The highest BCUT2D eigenvalue weighted by molar-refractivity contribution is 8.00. The Morgan fingerprint density at radius 1 is 1.43 bits per heavy atom. The quantitative estimate of drug-likeness (QED) is 0.796. The molecular weight excluding hydrogens is 327 g/mol. The number of anilines is 1. The topological polar surface area (TPSA) is 55.1 Å². The molecule has 21 heavy (non-hydrogen) atoms. The van der Waals surface area contributed by atoms with Gasteiger partial charge in [0.25, 0.3) is 0 Å². The van der Waals surface area contributed by atoms with E-state index in [4.69, 9.17) is 17.3 Å². The lowest BCUT2D eigenvalue weighted by Gasteiger charge is -2.16. The minimum atomic E-state index is 0. The van der Waals surface area contributed by atoms with Crippen LogP contribution in [0.5, 0.6) is 0 Å². The summed E-state index contributed by atoms with van der Waals surface area (Å²) < 4.78 is 0. The summed E-state index contributed by atoms with van der Waals surface area (Å²) in [6.07, 6.45) is 2.58. The van der Waals surface area contributed by atoms with Crippen molar-refractivity contribution in [2.75, 3.05) is 5.32 Å². The van der Waals surface area contributed by atoms with Crippen LogP contribution >= 0.6 is 35.8 Å². The van der Waals surface area contributed by atoms with Gasteiger partial charge in [-0.3, -0.25) is 4.79 Å². The van der Waals surface area contributed by atoms with Gasteiger partial charge >= 0.3 is 0 Å². The van der Waals surface area contributed by atoms with Crippen molar-refractivity contribution in [1.82, 2.24) is 0 Å². The monoisotopic (exact) mass is 348 g/mol. The van der Waals surface area contributed by atoms with E-state index in [0.717, 1.165) is 29.8 Å². The summed E-state index contributed by atoms with van der Waals surface area (Å²) >= 11 is 7.91. The van der Waals surface area contributed by atoms with Gasteiger partial charge in [0.05, 0.1) is 10.7 Å². The molecule has 2 rings (SSSR count). The highest BCUT2D eigenvalue weighted by atomic mass is 35.5. The van der Waals surface area contributed by atoms with E-state index in [1.54, 1.807) is 11.8 Å². The molecule has 2 unspecified atom stereocenters. The largest absolute Gasteiger partial charge is 0.328 e. The molecular formula is C15H22Cl2N2OS. The second-order valence-electron chi connectivity index (χ2n) is 5.54. The van der Waals surface area contributed by atoms with Crippen LogP contribution in [-0.4, -0.2) is 17.2 Å². The van der Waals surface area contributed by atoms with Gasteiger partial charge in [-0.1, -0.05) is 31.5 Å². The Morgan fingerprint density at radius 2 is 2.14 bits per heavy atom. The lowest BCUT2D eigenvalue weighted by molar-refractivity contribution is -0.119. The molecule has 0 radical (unpaired) electrons. The zero-order valence-corrected chi connectivity index (χ0v) is 14.7. The third-order valence-corrected chi connectivity index (χ3v) is 5.00. The number of nitrogens with two attached hydrogens (primary N) is 1. The van der Waals surface area contributed by atoms with Gasteiger partial charge in [0.1, 0.15) is 0 Å². The first kappa shape index (κ1) is 18.6. The summed E-state index contributed by atoms with van der Waals surface area (Å²) in [5.74, 6) is 0.0895. The molecule has 1 fully saturated rings. The fourth-order valence-electron chi connectivity index (χ4n) is 2.45. The number of carbonyl (C=O) groups is 1. The fraction of sp³-hybridized carbons (Fsp3) is 0.533. The molecule has 1 aliphatic rings. The first-order chi connectivity index (χ1) is 9.47. The SMILES string of the molecule is CC(C)Sc1c(Cl)cccc1NC(=O)C1CCC(N)C1.Cl. The molecule has 1 amide bonds. The van der Waals surface area contributed by atoms with E-state index in [1.807, 2.05) is 18.2 Å². The predicted molar refractivity (Wildman–Crippen MR) is 93.6 cm³/mol. The third kappa shape index (κ3) is 5.06. The van der Waals surface area contributed by atoms with E-state index in [1.165, 1.54) is 0 Å². The first-order valence-electron chi connectivity index (χ1n) is 6.99. The van der Waals surface area contributed by atoms with Crippen LogP contribution in [-0.2, 0) is 4.79 Å². The van der Waals surface area contributed by atoms with Gasteiger partial charge in [0, 0.05) is 22.1 Å². The summed E-state index contributed by atoms with van der Waals surface area (Å²) in [6, 6.07) is 5.79. The van der Waals surface area contributed by atoms with Crippen molar-refractivity contribution < 1.29 is 4.79 Å². The molecule has 1 saturated carbocycles. The summed E-state index contributed by atoms with van der Waals surface area (Å²) in [4.78, 5) is 13.2. The maximum Gasteiger partial charge on any atom is 0.227 e. The van der Waals surface area contributed by atoms with Crippen molar-refractivity contribution >= 4 is 47.4 Å². The van der Waals surface area contributed by atoms with Gasteiger partial charge in [-0.15, -0.1) is 24.2 Å². The molecule has 3 nitrogen and oxygen atoms in total. The van der Waals surface area contributed by atoms with Crippen LogP contribution in [0, 0.1) is 5.92 Å². The molecule has 6 heteroatoms. The molecule has 0 saturated heterocycles. The molecule has 1 aliphatic carbocycles. The number of nitrogens with one attached hydrogen (secondary N) is 1. The minimum absolute atomic E-state index is 0. The van der Waals surface area contributed by atoms with E-state index in [-0.39, 0.29) is 30.3 Å². The van der Waals surface area contributed by atoms with Crippen LogP contribution in [0.3, 0.4) is 0 Å². The number of halogens is 2. The molecule has 1 aromatic rings. The van der Waals surface area contributed by atoms with Crippen molar-refractivity contribution in [3.63, 3.8) is 0 Å². The molecule has 0 spiro atoms. The Hall–Kier alpha value is -0.420. The van der Waals surface area contributed by atoms with Crippen molar-refractivity contribution in [2.45, 2.75) is 49.3 Å². The van der Waals surface area contributed by atoms with E-state index in [2.05, 4.69) is 19.2 Å². The Kier molecular flexibility index (Phi) is 7.34. The lowest BCUT2D eigenvalue weighted by Crippen LogP contribution is -2.23. The average Bonchev–Trinajstić information content (AvgIpc) is 2.80. The number of rotatable bonds is 4. The Morgan fingerprint density at radius 3 is 2.71 bits per heavy atom. The maximum atomic E-state index is 12.3. The second kappa shape index (κ2) is 8.28. The molecule has 2 atom stereocenters. The van der Waals surface area contributed by atoms with E-state index in [0.29, 0.717) is 10.3 Å². The van der Waals surface area contributed by atoms with E-state index in [9.17, 15) is 4.79 Å². The standard InChI is InChI=1S/C15H21ClN2OS.ClH/c1-9(2)20-14-12(16)4-3-5-13(14)18-15(19)10-6-7-11(17)8-10;/h3-5,9-11H,6-8,17H2,1-2H3,(H,18,19);1H. The van der Waals surface area contributed by atoms with E-state index < -0.39 is 0 Å². The van der Waals surface area contributed by atoms with Crippen LogP contribution < -0.4 is 11.1 Å². The maximum absolute atomic E-state index is 12.3. The number of amides is 1. The van der Waals surface area contributed by atoms with Gasteiger partial charge < -0.3 is 11.1 Å². The van der Waals surface area contributed by atoms with Gasteiger partial charge in [0.2, 0.25) is 5.91 Å². The Balaban J connectivity index is 0.00000220. The normalized spacial score (nSPS) is 21.2. The summed E-state index contributed by atoms with van der Waals surface area (Å²) in [5, 5.41) is 4.11. The average molecular weight is 349 g/mol. The molecule has 0 bridgehead atoms. The van der Waals surface area contributed by atoms with Crippen LogP contribution in [0.1, 0.15) is 33.1 Å². The number of thioether (sulfide) groups is 1. The van der Waals surface area contributed by atoms with Crippen LogP contribution in [0.15, 0.2) is 23.1 Å². The van der Waals surface area contributed by atoms with Crippen LogP contribution in [0.4, 0.5) is 5.69 Å². The van der Waals surface area contributed by atoms with Gasteiger partial charge in [-0.05, 0) is 31.4 Å². The van der Waals surface area contributed by atoms with Crippen LogP contribution in [0.2, 0.25) is 5.02 Å².